The lowest BCUT2D eigenvalue weighted by molar-refractivity contribution is -0.120. The van der Waals surface area contributed by atoms with E-state index in [2.05, 4.69) is 15.8 Å². The van der Waals surface area contributed by atoms with Gasteiger partial charge in [-0.05, 0) is 24.3 Å². The molecule has 2 aromatic heterocycles. The Labute approximate surface area is 137 Å². The Morgan fingerprint density at radius 3 is 2.58 bits per heavy atom. The summed E-state index contributed by atoms with van der Waals surface area (Å²) in [6.45, 7) is 0.0842. The zero-order valence-corrected chi connectivity index (χ0v) is 12.7. The van der Waals surface area contributed by atoms with Crippen LogP contribution in [0, 0.1) is 0 Å². The molecule has 0 aliphatic carbocycles. The van der Waals surface area contributed by atoms with E-state index in [9.17, 15) is 9.59 Å². The highest BCUT2D eigenvalue weighted by molar-refractivity contribution is 5.96. The minimum Gasteiger partial charge on any atom is -0.461 e. The minimum absolute atomic E-state index is 0.114. The summed E-state index contributed by atoms with van der Waals surface area (Å²) in [6, 6.07) is 13.9. The van der Waals surface area contributed by atoms with E-state index in [0.717, 1.165) is 0 Å². The van der Waals surface area contributed by atoms with Gasteiger partial charge in [0.2, 0.25) is 11.7 Å². The van der Waals surface area contributed by atoms with Crippen molar-refractivity contribution in [1.29, 1.82) is 0 Å². The molecule has 3 aromatic rings. The van der Waals surface area contributed by atoms with Crippen LogP contribution in [-0.2, 0) is 11.3 Å². The number of furan rings is 1. The number of nitrogens with one attached hydrogen (secondary N) is 2. The van der Waals surface area contributed by atoms with Crippen LogP contribution < -0.4 is 10.6 Å². The maximum atomic E-state index is 11.8. The Bertz CT molecular complexity index is 810. The van der Waals surface area contributed by atoms with Crippen LogP contribution in [0.1, 0.15) is 16.1 Å². The monoisotopic (exact) mass is 325 g/mol. The van der Waals surface area contributed by atoms with Crippen LogP contribution in [-0.4, -0.2) is 23.5 Å². The first-order chi connectivity index (χ1) is 11.7. The molecule has 0 atom stereocenters. The fourth-order valence-electron chi connectivity index (χ4n) is 2.03. The summed E-state index contributed by atoms with van der Waals surface area (Å²) < 4.78 is 10.3. The van der Waals surface area contributed by atoms with Crippen molar-refractivity contribution < 1.29 is 18.5 Å². The fourth-order valence-corrected chi connectivity index (χ4v) is 2.03. The number of hydrogen-bond acceptors (Lipinski definition) is 5. The second-order valence-electron chi connectivity index (χ2n) is 4.99. The molecule has 0 unspecified atom stereocenters. The summed E-state index contributed by atoms with van der Waals surface area (Å²) in [5.41, 5.74) is 1.06. The van der Waals surface area contributed by atoms with Crippen molar-refractivity contribution in [2.24, 2.45) is 0 Å². The molecular formula is C17H15N3O4. The lowest BCUT2D eigenvalue weighted by atomic mass is 10.2. The van der Waals surface area contributed by atoms with Crippen molar-refractivity contribution in [3.63, 3.8) is 0 Å². The van der Waals surface area contributed by atoms with E-state index in [1.165, 1.54) is 6.26 Å². The number of nitrogens with zero attached hydrogens (tertiary/aromatic N) is 1. The molecule has 1 aromatic carbocycles. The third kappa shape index (κ3) is 3.89. The van der Waals surface area contributed by atoms with Crippen LogP contribution in [0.5, 0.6) is 0 Å². The Kier molecular flexibility index (Phi) is 4.71. The normalized spacial score (nSPS) is 10.3. The van der Waals surface area contributed by atoms with Crippen LogP contribution in [0.2, 0.25) is 0 Å². The van der Waals surface area contributed by atoms with Gasteiger partial charge in [0.15, 0.2) is 5.76 Å². The molecule has 3 rings (SSSR count). The topological polar surface area (TPSA) is 97.4 Å². The second-order valence-corrected chi connectivity index (χ2v) is 4.99. The van der Waals surface area contributed by atoms with Gasteiger partial charge in [-0.2, -0.15) is 0 Å². The molecule has 0 aliphatic rings. The second kappa shape index (κ2) is 7.28. The standard InChI is InChI=1S/C17H15N3O4/c21-16(11-19-17(22)12-5-2-1-3-6-12)18-10-13-9-15(24-20-13)14-7-4-8-23-14/h1-9H,10-11H2,(H,18,21)(H,19,22). The average Bonchev–Trinajstić information content (AvgIpc) is 3.29. The van der Waals surface area contributed by atoms with Crippen LogP contribution in [0.25, 0.3) is 11.5 Å². The molecule has 24 heavy (non-hydrogen) atoms. The molecule has 7 heteroatoms. The van der Waals surface area contributed by atoms with Gasteiger partial charge in [-0.3, -0.25) is 9.59 Å². The van der Waals surface area contributed by atoms with Gasteiger partial charge in [0.1, 0.15) is 5.69 Å². The predicted molar refractivity (Wildman–Crippen MR) is 84.8 cm³/mol. The highest BCUT2D eigenvalue weighted by Gasteiger charge is 2.11. The van der Waals surface area contributed by atoms with Gasteiger partial charge in [-0.1, -0.05) is 23.4 Å². The first kappa shape index (κ1) is 15.5. The zero-order chi connectivity index (χ0) is 16.8. The molecule has 122 valence electrons. The molecule has 2 N–H and O–H groups in total. The van der Waals surface area contributed by atoms with Crippen molar-refractivity contribution in [3.8, 4) is 11.5 Å². The lowest BCUT2D eigenvalue weighted by Crippen LogP contribution is -2.36. The molecule has 0 spiro atoms. The first-order valence-corrected chi connectivity index (χ1v) is 7.32. The minimum atomic E-state index is -0.318. The summed E-state index contributed by atoms with van der Waals surface area (Å²) in [6.07, 6.45) is 1.54. The molecule has 0 fully saturated rings. The van der Waals surface area contributed by atoms with Gasteiger partial charge in [-0.15, -0.1) is 0 Å². The van der Waals surface area contributed by atoms with Crippen LogP contribution in [0.3, 0.4) is 0 Å². The highest BCUT2D eigenvalue weighted by atomic mass is 16.5. The number of amides is 2. The van der Waals surface area contributed by atoms with Crippen molar-refractivity contribution in [1.82, 2.24) is 15.8 Å². The molecule has 7 nitrogen and oxygen atoms in total. The fraction of sp³-hybridized carbons (Fsp3) is 0.118. The number of benzene rings is 1. The summed E-state index contributed by atoms with van der Waals surface area (Å²) in [4.78, 5) is 23.6. The Morgan fingerprint density at radius 2 is 1.83 bits per heavy atom. The number of carbonyl (C=O) groups excluding carboxylic acids is 2. The first-order valence-electron chi connectivity index (χ1n) is 7.32. The van der Waals surface area contributed by atoms with Gasteiger partial charge in [0.25, 0.3) is 5.91 Å². The zero-order valence-electron chi connectivity index (χ0n) is 12.7. The summed E-state index contributed by atoms with van der Waals surface area (Å²) in [5.74, 6) is 0.436. The Morgan fingerprint density at radius 1 is 1.00 bits per heavy atom. The third-order valence-corrected chi connectivity index (χ3v) is 3.24. The van der Waals surface area contributed by atoms with E-state index in [-0.39, 0.29) is 24.9 Å². The third-order valence-electron chi connectivity index (χ3n) is 3.24. The molecule has 0 aliphatic heterocycles. The van der Waals surface area contributed by atoms with E-state index in [4.69, 9.17) is 8.94 Å². The van der Waals surface area contributed by atoms with Gasteiger partial charge in [0, 0.05) is 11.6 Å². The van der Waals surface area contributed by atoms with Gasteiger partial charge < -0.3 is 19.6 Å². The Hall–Kier alpha value is -3.35. The van der Waals surface area contributed by atoms with Crippen LogP contribution in [0.4, 0.5) is 0 Å². The molecule has 0 bridgehead atoms. The van der Waals surface area contributed by atoms with Crippen molar-refractivity contribution in [3.05, 3.63) is 66.1 Å². The summed E-state index contributed by atoms with van der Waals surface area (Å²) in [7, 11) is 0. The smallest absolute Gasteiger partial charge is 0.251 e. The van der Waals surface area contributed by atoms with E-state index >= 15 is 0 Å². The van der Waals surface area contributed by atoms with Crippen molar-refractivity contribution in [2.75, 3.05) is 6.54 Å². The molecule has 0 radical (unpaired) electrons. The van der Waals surface area contributed by atoms with E-state index < -0.39 is 0 Å². The van der Waals surface area contributed by atoms with Crippen LogP contribution >= 0.6 is 0 Å². The van der Waals surface area contributed by atoms with Crippen molar-refractivity contribution in [2.45, 2.75) is 6.54 Å². The molecule has 0 saturated heterocycles. The maximum absolute atomic E-state index is 11.8. The number of carbonyl (C=O) groups is 2. The van der Waals surface area contributed by atoms with Crippen LogP contribution in [0.15, 0.2) is 63.7 Å². The van der Waals surface area contributed by atoms with E-state index in [0.29, 0.717) is 22.8 Å². The summed E-state index contributed by atoms with van der Waals surface area (Å²) in [5, 5.41) is 9.06. The largest absolute Gasteiger partial charge is 0.461 e. The number of aromatic nitrogens is 1. The highest BCUT2D eigenvalue weighted by Crippen LogP contribution is 2.20. The molecular weight excluding hydrogens is 310 g/mol. The van der Waals surface area contributed by atoms with E-state index in [1.807, 2.05) is 6.07 Å². The average molecular weight is 325 g/mol. The predicted octanol–water partition coefficient (Wildman–Crippen LogP) is 1.98. The van der Waals surface area contributed by atoms with Crippen molar-refractivity contribution >= 4 is 11.8 Å². The molecule has 2 amide bonds. The summed E-state index contributed by atoms with van der Waals surface area (Å²) >= 11 is 0. The molecule has 0 saturated carbocycles. The van der Waals surface area contributed by atoms with Gasteiger partial charge in [0.05, 0.1) is 19.4 Å². The Balaban J connectivity index is 1.45. The quantitative estimate of drug-likeness (QED) is 0.722. The van der Waals surface area contributed by atoms with Gasteiger partial charge in [-0.25, -0.2) is 0 Å². The SMILES string of the molecule is O=C(CNC(=O)c1ccccc1)NCc1cc(-c2ccco2)on1. The lowest BCUT2D eigenvalue weighted by Gasteiger charge is -2.05. The number of hydrogen-bond donors (Lipinski definition) is 2. The molecule has 2 heterocycles. The maximum Gasteiger partial charge on any atom is 0.251 e. The van der Waals surface area contributed by atoms with Gasteiger partial charge >= 0.3 is 0 Å². The number of rotatable bonds is 6. The van der Waals surface area contributed by atoms with E-state index in [1.54, 1.807) is 42.5 Å².